The number of para-hydroxylation sites is 2. The Morgan fingerprint density at radius 1 is 0.582 bits per heavy atom. The van der Waals surface area contributed by atoms with Crippen LogP contribution < -0.4 is 9.80 Å². The Labute approximate surface area is 328 Å². The number of benzene rings is 7. The molecule has 0 saturated carbocycles. The van der Waals surface area contributed by atoms with Crippen molar-refractivity contribution in [3.05, 3.63) is 223 Å². The van der Waals surface area contributed by atoms with Crippen LogP contribution in [0.2, 0.25) is 0 Å². The van der Waals surface area contributed by atoms with E-state index in [0.717, 1.165) is 45.5 Å². The molecule has 0 aliphatic rings. The monoisotopic (exact) mass is 732 g/mol. The minimum absolute atomic E-state index is 0.883. The van der Waals surface area contributed by atoms with E-state index in [1.807, 2.05) is 12.2 Å². The number of allylic oxidation sites excluding steroid dienone is 7. The van der Waals surface area contributed by atoms with Gasteiger partial charge >= 0.3 is 0 Å². The van der Waals surface area contributed by atoms with Gasteiger partial charge in [-0.1, -0.05) is 166 Å². The van der Waals surface area contributed by atoms with Crippen LogP contribution in [-0.2, 0) is 0 Å². The maximum atomic E-state index is 4.79. The smallest absolute Gasteiger partial charge is 0.0540 e. The second-order valence-electron chi connectivity index (χ2n) is 13.5. The highest BCUT2D eigenvalue weighted by atomic mass is 32.3. The topological polar surface area (TPSA) is 6.48 Å². The Morgan fingerprint density at radius 3 is 1.53 bits per heavy atom. The van der Waals surface area contributed by atoms with Gasteiger partial charge in [0.05, 0.1) is 11.4 Å². The minimum atomic E-state index is -1.83. The summed E-state index contributed by atoms with van der Waals surface area (Å²) in [6, 6.07) is 59.2. The van der Waals surface area contributed by atoms with E-state index in [4.69, 9.17) is 6.58 Å². The van der Waals surface area contributed by atoms with Gasteiger partial charge < -0.3 is 9.80 Å². The van der Waals surface area contributed by atoms with Crippen molar-refractivity contribution in [2.24, 2.45) is 0 Å². The fourth-order valence-electron chi connectivity index (χ4n) is 7.41. The molecule has 55 heavy (non-hydrogen) atoms. The highest BCUT2D eigenvalue weighted by molar-refractivity contribution is 8.39. The highest BCUT2D eigenvalue weighted by Gasteiger charge is 2.30. The van der Waals surface area contributed by atoms with Crippen LogP contribution in [0.3, 0.4) is 0 Å². The van der Waals surface area contributed by atoms with E-state index >= 15 is 0 Å². The van der Waals surface area contributed by atoms with Gasteiger partial charge in [-0.3, -0.25) is 0 Å². The lowest BCUT2D eigenvalue weighted by Gasteiger charge is -2.41. The molecule has 0 spiro atoms. The first-order valence-corrected chi connectivity index (χ1v) is 20.9. The van der Waals surface area contributed by atoms with Crippen LogP contribution in [0.5, 0.6) is 0 Å². The lowest BCUT2D eigenvalue weighted by Crippen LogP contribution is -2.15. The van der Waals surface area contributed by atoms with Crippen LogP contribution in [0.1, 0.15) is 20.3 Å². The number of fused-ring (bicyclic) bond motifs is 2. The molecule has 0 bridgehead atoms. The number of rotatable bonds is 13. The molecule has 1 unspecified atom stereocenters. The molecule has 0 radical (unpaired) electrons. The van der Waals surface area contributed by atoms with Gasteiger partial charge in [0, 0.05) is 38.4 Å². The van der Waals surface area contributed by atoms with Crippen molar-refractivity contribution in [2.45, 2.75) is 25.2 Å². The van der Waals surface area contributed by atoms with Gasteiger partial charge in [-0.2, -0.15) is 10.0 Å². The van der Waals surface area contributed by atoms with Crippen LogP contribution in [0.4, 0.5) is 34.1 Å². The number of hydrogen-bond acceptors (Lipinski definition) is 2. The molecular weight excluding hydrogens is 685 g/mol. The molecular formula is C52H48N2S. The van der Waals surface area contributed by atoms with E-state index in [2.05, 4.69) is 225 Å². The number of hydrogen-bond donors (Lipinski definition) is 0. The molecule has 7 aromatic carbocycles. The van der Waals surface area contributed by atoms with Crippen molar-refractivity contribution in [3.63, 3.8) is 0 Å². The second kappa shape index (κ2) is 16.8. The van der Waals surface area contributed by atoms with Gasteiger partial charge in [0.15, 0.2) is 0 Å². The molecule has 0 aliphatic heterocycles. The molecule has 0 N–H and O–H groups in total. The molecule has 272 valence electrons. The lowest BCUT2D eigenvalue weighted by molar-refractivity contribution is 1.18. The van der Waals surface area contributed by atoms with Crippen molar-refractivity contribution in [3.8, 4) is 0 Å². The average Bonchev–Trinajstić information content (AvgIpc) is 3.24. The molecule has 2 nitrogen and oxygen atoms in total. The van der Waals surface area contributed by atoms with E-state index < -0.39 is 10.0 Å². The molecule has 0 aromatic heterocycles. The molecule has 0 saturated heterocycles. The largest absolute Gasteiger partial charge is 0.310 e. The Kier molecular flexibility index (Phi) is 11.3. The molecule has 0 fully saturated rings. The van der Waals surface area contributed by atoms with Crippen LogP contribution in [0.15, 0.2) is 228 Å². The Hall–Kier alpha value is -6.29. The molecule has 0 aliphatic carbocycles. The molecule has 7 aromatic rings. The Bertz CT molecular complexity index is 2400. The first-order valence-electron chi connectivity index (χ1n) is 18.9. The summed E-state index contributed by atoms with van der Waals surface area (Å²) in [5.41, 5.74) is 6.53. The summed E-state index contributed by atoms with van der Waals surface area (Å²) >= 11 is 0. The van der Waals surface area contributed by atoms with Gasteiger partial charge in [-0.05, 0) is 94.8 Å². The zero-order valence-corrected chi connectivity index (χ0v) is 32.8. The van der Waals surface area contributed by atoms with Crippen molar-refractivity contribution >= 4 is 65.7 Å². The summed E-state index contributed by atoms with van der Waals surface area (Å²) in [7, 11) is -1.83. The minimum Gasteiger partial charge on any atom is -0.310 e. The third-order valence-corrected chi connectivity index (χ3v) is 14.0. The predicted octanol–water partition coefficient (Wildman–Crippen LogP) is 15.9. The van der Waals surface area contributed by atoms with E-state index in [1.165, 1.54) is 31.3 Å². The predicted molar refractivity (Wildman–Crippen MR) is 244 cm³/mol. The fourth-order valence-corrected chi connectivity index (χ4v) is 10.3. The average molecular weight is 733 g/mol. The first kappa shape index (κ1) is 37.0. The standard InChI is InChI=1S/C52H48N2S/c1-6-9-23-40(4)55(5,47(8-3)32-10-7-2)48-38-45(53(43-28-13-11-14-29-43)51-35-21-26-41-24-17-19-33-49(41)51)37-46(39-48)54(44-30-15-12-16-31-44)52-36-22-27-42-25-18-20-34-50(42)52/h6-7,9-39H,1,4,8H2,2-3,5H3/b10-7-,23-9-,47-32+. The van der Waals surface area contributed by atoms with Crippen molar-refractivity contribution in [2.75, 3.05) is 16.1 Å². The summed E-state index contributed by atoms with van der Waals surface area (Å²) in [4.78, 5) is 8.48. The Balaban J connectivity index is 1.62. The van der Waals surface area contributed by atoms with Gasteiger partial charge in [-0.25, -0.2) is 0 Å². The van der Waals surface area contributed by atoms with Crippen LogP contribution in [0.25, 0.3) is 21.5 Å². The fraction of sp³-hybridized carbons (Fsp3) is 0.0769. The van der Waals surface area contributed by atoms with E-state index in [-0.39, 0.29) is 0 Å². The maximum Gasteiger partial charge on any atom is 0.0540 e. The van der Waals surface area contributed by atoms with Crippen molar-refractivity contribution < 1.29 is 0 Å². The van der Waals surface area contributed by atoms with Gasteiger partial charge in [-0.15, -0.1) is 0 Å². The van der Waals surface area contributed by atoms with Crippen LogP contribution in [-0.4, -0.2) is 6.26 Å². The first-order chi connectivity index (χ1) is 27.0. The molecule has 0 heterocycles. The third kappa shape index (κ3) is 7.45. The van der Waals surface area contributed by atoms with Gasteiger partial charge in [0.1, 0.15) is 0 Å². The summed E-state index contributed by atoms with van der Waals surface area (Å²) in [6.07, 6.45) is 15.9. The summed E-state index contributed by atoms with van der Waals surface area (Å²) < 4.78 is 0. The van der Waals surface area contributed by atoms with Crippen LogP contribution in [0, 0.1) is 0 Å². The van der Waals surface area contributed by atoms with Gasteiger partial charge in [0.2, 0.25) is 0 Å². The zero-order chi connectivity index (χ0) is 38.2. The van der Waals surface area contributed by atoms with Gasteiger partial charge in [0.25, 0.3) is 0 Å². The molecule has 1 atom stereocenters. The summed E-state index contributed by atoms with van der Waals surface area (Å²) in [6.45, 7) is 13.1. The lowest BCUT2D eigenvalue weighted by atomic mass is 10.0. The molecule has 7 rings (SSSR count). The van der Waals surface area contributed by atoms with Crippen LogP contribution >= 0.6 is 10.0 Å². The number of anilines is 6. The third-order valence-electron chi connectivity index (χ3n) is 10.2. The van der Waals surface area contributed by atoms with E-state index in [9.17, 15) is 0 Å². The van der Waals surface area contributed by atoms with Crippen molar-refractivity contribution in [1.82, 2.24) is 0 Å². The highest BCUT2D eigenvalue weighted by Crippen LogP contribution is 2.67. The second-order valence-corrected chi connectivity index (χ2v) is 16.9. The van der Waals surface area contributed by atoms with E-state index in [0.29, 0.717) is 0 Å². The summed E-state index contributed by atoms with van der Waals surface area (Å²) in [5.74, 6) is 0. The quantitative estimate of drug-likeness (QED) is 0.109. The SMILES string of the molecule is C=C/C=C\C(=C)S(C)(/C(=C/C=C\C)CC)c1cc(N(c2ccccc2)c2cccc3ccccc23)cc(N(c2ccccc2)c2cccc3ccccc23)c1. The molecule has 3 heteroatoms. The normalized spacial score (nSPS) is 13.5. The summed E-state index contributed by atoms with van der Waals surface area (Å²) in [5, 5.41) is 4.76. The maximum absolute atomic E-state index is 4.79. The van der Waals surface area contributed by atoms with E-state index in [1.54, 1.807) is 0 Å². The van der Waals surface area contributed by atoms with Crippen molar-refractivity contribution in [1.29, 1.82) is 0 Å². The Morgan fingerprint density at radius 2 is 1.05 bits per heavy atom. The number of nitrogens with zero attached hydrogens (tertiary/aromatic N) is 2. The zero-order valence-electron chi connectivity index (χ0n) is 32.0. The molecule has 0 amide bonds.